The molecule has 0 aliphatic rings. The second kappa shape index (κ2) is 14.9. The zero-order valence-electron chi connectivity index (χ0n) is 22.4. The molecule has 0 saturated heterocycles. The number of unbranched alkanes of at least 4 members (excludes halogenated alkanes) is 1. The summed E-state index contributed by atoms with van der Waals surface area (Å²) < 4.78 is 44.8. The minimum absolute atomic E-state index is 0.00976. The molecule has 8 nitrogen and oxygen atoms in total. The molecule has 0 bridgehead atoms. The second-order valence-electron chi connectivity index (χ2n) is 8.97. The molecular weight excluding hydrogens is 533 g/mol. The summed E-state index contributed by atoms with van der Waals surface area (Å²) in [7, 11) is -2.20. The van der Waals surface area contributed by atoms with Gasteiger partial charge in [0, 0.05) is 26.1 Å². The molecule has 2 aromatic carbocycles. The summed E-state index contributed by atoms with van der Waals surface area (Å²) in [6, 6.07) is 9.73. The quantitative estimate of drug-likeness (QED) is 0.312. The van der Waals surface area contributed by atoms with Crippen molar-refractivity contribution in [2.75, 3.05) is 30.8 Å². The van der Waals surface area contributed by atoms with Gasteiger partial charge in [-0.3, -0.25) is 13.9 Å². The summed E-state index contributed by atoms with van der Waals surface area (Å²) in [5, 5.41) is 3.16. The minimum Gasteiger partial charge on any atom is -0.495 e. The van der Waals surface area contributed by atoms with E-state index >= 15 is 0 Å². The van der Waals surface area contributed by atoms with Gasteiger partial charge in [0.05, 0.1) is 24.1 Å². The molecule has 210 valence electrons. The van der Waals surface area contributed by atoms with Crippen LogP contribution in [0, 0.1) is 5.82 Å². The van der Waals surface area contributed by atoms with Gasteiger partial charge >= 0.3 is 0 Å². The number of ether oxygens (including phenoxy) is 1. The lowest BCUT2D eigenvalue weighted by molar-refractivity contribution is -0.141. The number of nitrogens with one attached hydrogen (secondary N) is 1. The van der Waals surface area contributed by atoms with Crippen molar-refractivity contribution >= 4 is 39.1 Å². The Morgan fingerprint density at radius 3 is 2.34 bits per heavy atom. The van der Waals surface area contributed by atoms with Crippen LogP contribution in [-0.4, -0.2) is 57.6 Å². The Balaban J connectivity index is 2.21. The largest absolute Gasteiger partial charge is 0.495 e. The molecule has 0 saturated carbocycles. The highest BCUT2D eigenvalue weighted by Crippen LogP contribution is 2.30. The van der Waals surface area contributed by atoms with Crippen molar-refractivity contribution in [3.05, 3.63) is 58.9 Å². The van der Waals surface area contributed by atoms with Crippen LogP contribution in [-0.2, 0) is 26.2 Å². The maximum absolute atomic E-state index is 13.4. The molecule has 2 rings (SSSR count). The number of methoxy groups -OCH3 is 1. The van der Waals surface area contributed by atoms with E-state index in [4.69, 9.17) is 16.3 Å². The molecule has 0 radical (unpaired) electrons. The van der Waals surface area contributed by atoms with Gasteiger partial charge in [-0.2, -0.15) is 0 Å². The summed E-state index contributed by atoms with van der Waals surface area (Å²) in [4.78, 5) is 27.9. The van der Waals surface area contributed by atoms with Crippen molar-refractivity contribution in [3.63, 3.8) is 0 Å². The van der Waals surface area contributed by atoms with E-state index < -0.39 is 21.9 Å². The number of amides is 2. The molecule has 1 N–H and O–H groups in total. The van der Waals surface area contributed by atoms with Crippen LogP contribution in [0.25, 0.3) is 0 Å². The third kappa shape index (κ3) is 9.16. The molecule has 2 aromatic rings. The first kappa shape index (κ1) is 31.4. The number of halogens is 2. The van der Waals surface area contributed by atoms with Gasteiger partial charge in [-0.15, -0.1) is 0 Å². The number of hydrogen-bond donors (Lipinski definition) is 1. The predicted octanol–water partition coefficient (Wildman–Crippen LogP) is 4.76. The van der Waals surface area contributed by atoms with Crippen molar-refractivity contribution < 1.29 is 27.1 Å². The van der Waals surface area contributed by atoms with Crippen LogP contribution in [0.4, 0.5) is 10.1 Å². The molecule has 11 heteroatoms. The van der Waals surface area contributed by atoms with E-state index in [0.717, 1.165) is 19.1 Å². The van der Waals surface area contributed by atoms with Crippen LogP contribution in [0.3, 0.4) is 0 Å². The topological polar surface area (TPSA) is 96.0 Å². The highest BCUT2D eigenvalue weighted by Gasteiger charge is 2.29. The van der Waals surface area contributed by atoms with Crippen LogP contribution < -0.4 is 14.4 Å². The molecule has 0 aliphatic heterocycles. The Morgan fingerprint density at radius 1 is 1.11 bits per heavy atom. The molecule has 0 unspecified atom stereocenters. The third-order valence-electron chi connectivity index (χ3n) is 6.06. The fourth-order valence-corrected chi connectivity index (χ4v) is 5.24. The molecule has 0 spiro atoms. The molecule has 0 aromatic heterocycles. The molecule has 38 heavy (non-hydrogen) atoms. The lowest BCUT2D eigenvalue weighted by atomic mass is 10.1. The van der Waals surface area contributed by atoms with Crippen LogP contribution in [0.15, 0.2) is 42.5 Å². The van der Waals surface area contributed by atoms with Crippen molar-refractivity contribution in [1.82, 2.24) is 10.2 Å². The monoisotopic (exact) mass is 569 g/mol. The first-order chi connectivity index (χ1) is 18.0. The Morgan fingerprint density at radius 2 is 1.79 bits per heavy atom. The molecule has 0 aliphatic carbocycles. The Hall–Kier alpha value is -2.85. The molecule has 0 fully saturated rings. The van der Waals surface area contributed by atoms with E-state index in [1.165, 1.54) is 34.5 Å². The van der Waals surface area contributed by atoms with Crippen LogP contribution in [0.2, 0.25) is 5.02 Å². The van der Waals surface area contributed by atoms with E-state index in [2.05, 4.69) is 5.32 Å². The number of anilines is 1. The van der Waals surface area contributed by atoms with Crippen LogP contribution in [0.5, 0.6) is 5.75 Å². The number of sulfonamides is 1. The lowest BCUT2D eigenvalue weighted by Gasteiger charge is -2.31. The molecule has 0 heterocycles. The first-order valence-electron chi connectivity index (χ1n) is 12.6. The fraction of sp³-hybridized carbons (Fsp3) is 0.481. The number of carbonyl (C=O) groups excluding carboxylic acids is 2. The standard InChI is InChI=1S/C27H37ClFN3O5S/c1-5-7-16-30-27(34)24(6-2)31(19-20-10-12-21(29)13-11-20)26(33)9-8-17-32(38(4,35)36)22-14-15-25(37-3)23(28)18-22/h10-15,18,24H,5-9,16-17,19H2,1-4H3,(H,30,34)/t24-/m1/s1. The summed E-state index contributed by atoms with van der Waals surface area (Å²) >= 11 is 6.19. The normalized spacial score (nSPS) is 12.1. The average Bonchev–Trinajstić information content (AvgIpc) is 2.87. The van der Waals surface area contributed by atoms with Crippen molar-refractivity contribution in [2.45, 2.75) is 58.5 Å². The summed E-state index contributed by atoms with van der Waals surface area (Å²) in [6.07, 6.45) is 3.45. The predicted molar refractivity (Wildman–Crippen MR) is 148 cm³/mol. The van der Waals surface area contributed by atoms with Crippen molar-refractivity contribution in [1.29, 1.82) is 0 Å². The van der Waals surface area contributed by atoms with Crippen LogP contribution >= 0.6 is 11.6 Å². The highest BCUT2D eigenvalue weighted by molar-refractivity contribution is 7.92. The number of nitrogens with zero attached hydrogens (tertiary/aromatic N) is 2. The maximum atomic E-state index is 13.4. The molecular formula is C27H37ClFN3O5S. The van der Waals surface area contributed by atoms with Gasteiger partial charge in [0.25, 0.3) is 0 Å². The number of rotatable bonds is 15. The van der Waals surface area contributed by atoms with Crippen molar-refractivity contribution in [2.24, 2.45) is 0 Å². The Bertz CT molecular complexity index is 1180. The Kier molecular flexibility index (Phi) is 12.3. The molecule has 2 amide bonds. The summed E-state index contributed by atoms with van der Waals surface area (Å²) in [5.74, 6) is -0.524. The van der Waals surface area contributed by atoms with Gasteiger partial charge in [0.2, 0.25) is 21.8 Å². The van der Waals surface area contributed by atoms with Gasteiger partial charge in [0.1, 0.15) is 17.6 Å². The highest BCUT2D eigenvalue weighted by atomic mass is 35.5. The number of hydrogen-bond acceptors (Lipinski definition) is 5. The minimum atomic E-state index is -3.66. The zero-order valence-corrected chi connectivity index (χ0v) is 23.9. The van der Waals surface area contributed by atoms with Crippen LogP contribution in [0.1, 0.15) is 51.5 Å². The summed E-state index contributed by atoms with van der Waals surface area (Å²) in [6.45, 7) is 4.53. The van der Waals surface area contributed by atoms with Gasteiger partial charge in [0.15, 0.2) is 0 Å². The van der Waals surface area contributed by atoms with E-state index in [1.54, 1.807) is 24.3 Å². The van der Waals surface area contributed by atoms with Gasteiger partial charge in [-0.1, -0.05) is 44.0 Å². The van der Waals surface area contributed by atoms with E-state index in [1.807, 2.05) is 13.8 Å². The Labute approximate surface area is 230 Å². The smallest absolute Gasteiger partial charge is 0.242 e. The van der Waals surface area contributed by atoms with Crippen molar-refractivity contribution in [3.8, 4) is 5.75 Å². The van der Waals surface area contributed by atoms with Gasteiger partial charge < -0.3 is 15.0 Å². The molecule has 1 atom stereocenters. The lowest BCUT2D eigenvalue weighted by Crippen LogP contribution is -2.49. The van der Waals surface area contributed by atoms with Gasteiger partial charge in [-0.05, 0) is 55.2 Å². The fourth-order valence-electron chi connectivity index (χ4n) is 4.03. The van der Waals surface area contributed by atoms with E-state index in [-0.39, 0.29) is 42.8 Å². The maximum Gasteiger partial charge on any atom is 0.242 e. The van der Waals surface area contributed by atoms with Gasteiger partial charge in [-0.25, -0.2) is 12.8 Å². The first-order valence-corrected chi connectivity index (χ1v) is 14.9. The number of benzene rings is 2. The average molecular weight is 570 g/mol. The number of carbonyl (C=O) groups is 2. The third-order valence-corrected chi connectivity index (χ3v) is 7.55. The zero-order chi connectivity index (χ0) is 28.3. The summed E-state index contributed by atoms with van der Waals surface area (Å²) in [5.41, 5.74) is 1.04. The van der Waals surface area contributed by atoms with E-state index in [9.17, 15) is 22.4 Å². The second-order valence-corrected chi connectivity index (χ2v) is 11.3. The SMILES string of the molecule is CCCCNC(=O)[C@@H](CC)N(Cc1ccc(F)cc1)C(=O)CCCN(c1ccc(OC)c(Cl)c1)S(C)(=O)=O. The van der Waals surface area contributed by atoms with E-state index in [0.29, 0.717) is 30.0 Å².